The molecule has 0 spiro atoms. The molecule has 1 atom stereocenters. The number of nitrogens with two attached hydrogens (primary N) is 1. The van der Waals surface area contributed by atoms with Gasteiger partial charge in [-0.15, -0.1) is 0 Å². The second-order valence-electron chi connectivity index (χ2n) is 3.77. The lowest BCUT2D eigenvalue weighted by molar-refractivity contribution is 0.352. The van der Waals surface area contributed by atoms with Crippen molar-refractivity contribution >= 4 is 0 Å². The highest BCUT2D eigenvalue weighted by molar-refractivity contribution is 5.50. The fraction of sp³-hybridized carbons (Fsp3) is 0.500. The van der Waals surface area contributed by atoms with Gasteiger partial charge in [-0.25, -0.2) is 0 Å². The second-order valence-corrected chi connectivity index (χ2v) is 3.77. The summed E-state index contributed by atoms with van der Waals surface area (Å²) >= 11 is 0. The molecule has 84 valence electrons. The van der Waals surface area contributed by atoms with Crippen molar-refractivity contribution < 1.29 is 9.47 Å². The molecule has 0 aromatic heterocycles. The summed E-state index contributed by atoms with van der Waals surface area (Å²) in [5, 5.41) is 0. The molecule has 15 heavy (non-hydrogen) atoms. The molecule has 1 aromatic carbocycles. The van der Waals surface area contributed by atoms with Crippen LogP contribution >= 0.6 is 0 Å². The van der Waals surface area contributed by atoms with Gasteiger partial charge < -0.3 is 15.2 Å². The summed E-state index contributed by atoms with van der Waals surface area (Å²) in [6, 6.07) is 4.12. The Hall–Kier alpha value is -1.22. The van der Waals surface area contributed by atoms with Gasteiger partial charge >= 0.3 is 0 Å². The molecule has 2 N–H and O–H groups in total. The minimum atomic E-state index is 0.154. The molecular formula is C12H19NO2. The summed E-state index contributed by atoms with van der Waals surface area (Å²) in [6.07, 6.45) is 0.853. The van der Waals surface area contributed by atoms with Crippen LogP contribution in [0.5, 0.6) is 11.5 Å². The van der Waals surface area contributed by atoms with Gasteiger partial charge in [0.25, 0.3) is 0 Å². The van der Waals surface area contributed by atoms with Crippen LogP contribution in [0, 0.1) is 6.92 Å². The average Bonchev–Trinajstić information content (AvgIpc) is 2.20. The smallest absolute Gasteiger partial charge is 0.163 e. The molecule has 0 heterocycles. The van der Waals surface area contributed by atoms with Crippen LogP contribution in [0.4, 0.5) is 0 Å². The molecule has 0 amide bonds. The topological polar surface area (TPSA) is 44.5 Å². The molecule has 3 nitrogen and oxygen atoms in total. The van der Waals surface area contributed by atoms with Gasteiger partial charge in [-0.3, -0.25) is 0 Å². The molecule has 1 rings (SSSR count). The van der Waals surface area contributed by atoms with E-state index in [0.29, 0.717) is 0 Å². The van der Waals surface area contributed by atoms with Gasteiger partial charge in [-0.1, -0.05) is 6.07 Å². The van der Waals surface area contributed by atoms with Crippen molar-refractivity contribution in [3.05, 3.63) is 23.3 Å². The van der Waals surface area contributed by atoms with E-state index in [2.05, 4.69) is 0 Å². The van der Waals surface area contributed by atoms with Crippen LogP contribution in [0.2, 0.25) is 0 Å². The third-order valence-corrected chi connectivity index (χ3v) is 2.45. The van der Waals surface area contributed by atoms with Gasteiger partial charge in [0.2, 0.25) is 0 Å². The Morgan fingerprint density at radius 2 is 1.93 bits per heavy atom. The first-order valence-corrected chi connectivity index (χ1v) is 5.06. The fourth-order valence-electron chi connectivity index (χ4n) is 1.69. The molecule has 0 aliphatic carbocycles. The summed E-state index contributed by atoms with van der Waals surface area (Å²) in [6.45, 7) is 4.02. The maximum Gasteiger partial charge on any atom is 0.163 e. The number of ether oxygens (including phenoxy) is 2. The maximum atomic E-state index is 5.78. The van der Waals surface area contributed by atoms with Crippen molar-refractivity contribution in [1.29, 1.82) is 0 Å². The lowest BCUT2D eigenvalue weighted by atomic mass is 10.0. The Balaban J connectivity index is 3.11. The summed E-state index contributed by atoms with van der Waals surface area (Å²) in [5.74, 6) is 1.57. The number of benzene rings is 1. The number of hydrogen-bond donors (Lipinski definition) is 1. The van der Waals surface area contributed by atoms with E-state index in [0.717, 1.165) is 23.5 Å². The quantitative estimate of drug-likeness (QED) is 0.823. The molecule has 0 fully saturated rings. The lowest BCUT2D eigenvalue weighted by Gasteiger charge is -2.15. The van der Waals surface area contributed by atoms with Crippen LogP contribution in [-0.2, 0) is 6.42 Å². The van der Waals surface area contributed by atoms with Crippen LogP contribution in [0.3, 0.4) is 0 Å². The van der Waals surface area contributed by atoms with Crippen molar-refractivity contribution in [2.75, 3.05) is 14.2 Å². The van der Waals surface area contributed by atoms with Crippen LogP contribution in [0.15, 0.2) is 12.1 Å². The van der Waals surface area contributed by atoms with E-state index in [-0.39, 0.29) is 6.04 Å². The van der Waals surface area contributed by atoms with Crippen LogP contribution in [-0.4, -0.2) is 20.3 Å². The number of hydrogen-bond acceptors (Lipinski definition) is 3. The molecular weight excluding hydrogens is 190 g/mol. The van der Waals surface area contributed by atoms with E-state index in [1.54, 1.807) is 14.2 Å². The van der Waals surface area contributed by atoms with Crippen LogP contribution in [0.25, 0.3) is 0 Å². The van der Waals surface area contributed by atoms with Gasteiger partial charge in [-0.05, 0) is 37.5 Å². The van der Waals surface area contributed by atoms with E-state index in [4.69, 9.17) is 15.2 Å². The molecule has 0 bridgehead atoms. The van der Waals surface area contributed by atoms with Crippen molar-refractivity contribution in [3.63, 3.8) is 0 Å². The largest absolute Gasteiger partial charge is 0.493 e. The molecule has 0 radical (unpaired) electrons. The third kappa shape index (κ3) is 2.63. The molecule has 1 unspecified atom stereocenters. The van der Waals surface area contributed by atoms with Gasteiger partial charge in [0.15, 0.2) is 11.5 Å². The summed E-state index contributed by atoms with van der Waals surface area (Å²) in [7, 11) is 3.29. The highest BCUT2D eigenvalue weighted by atomic mass is 16.5. The number of methoxy groups -OCH3 is 2. The van der Waals surface area contributed by atoms with Gasteiger partial charge in [0.05, 0.1) is 14.2 Å². The SMILES string of the molecule is COc1ccc(CC(C)N)c(C)c1OC. The predicted molar refractivity (Wildman–Crippen MR) is 61.6 cm³/mol. The molecule has 0 aliphatic rings. The normalized spacial score (nSPS) is 12.3. The minimum absolute atomic E-state index is 0.154. The first-order valence-electron chi connectivity index (χ1n) is 5.06. The summed E-state index contributed by atoms with van der Waals surface area (Å²) in [5.41, 5.74) is 8.10. The molecule has 0 saturated heterocycles. The molecule has 3 heteroatoms. The zero-order valence-corrected chi connectivity index (χ0v) is 9.83. The third-order valence-electron chi connectivity index (χ3n) is 2.45. The van der Waals surface area contributed by atoms with Gasteiger partial charge in [-0.2, -0.15) is 0 Å². The van der Waals surface area contributed by atoms with Crippen molar-refractivity contribution in [3.8, 4) is 11.5 Å². The minimum Gasteiger partial charge on any atom is -0.493 e. The fourth-order valence-corrected chi connectivity index (χ4v) is 1.69. The maximum absolute atomic E-state index is 5.78. The lowest BCUT2D eigenvalue weighted by Crippen LogP contribution is -2.18. The Morgan fingerprint density at radius 1 is 1.27 bits per heavy atom. The molecule has 0 aliphatic heterocycles. The van der Waals surface area contributed by atoms with E-state index >= 15 is 0 Å². The predicted octanol–water partition coefficient (Wildman–Crippen LogP) is 1.90. The standard InChI is InChI=1S/C12H19NO2/c1-8(13)7-10-5-6-11(14-3)12(15-4)9(10)2/h5-6,8H,7,13H2,1-4H3. The second kappa shape index (κ2) is 5.03. The Kier molecular flexibility index (Phi) is 3.97. The Morgan fingerprint density at radius 3 is 2.40 bits per heavy atom. The van der Waals surface area contributed by atoms with Crippen molar-refractivity contribution in [2.45, 2.75) is 26.3 Å². The van der Waals surface area contributed by atoms with Crippen LogP contribution in [0.1, 0.15) is 18.1 Å². The van der Waals surface area contributed by atoms with E-state index in [1.165, 1.54) is 5.56 Å². The van der Waals surface area contributed by atoms with Crippen LogP contribution < -0.4 is 15.2 Å². The Labute approximate surface area is 91.2 Å². The first-order chi connectivity index (χ1) is 7.10. The highest BCUT2D eigenvalue weighted by Crippen LogP contribution is 2.32. The molecule has 0 saturated carbocycles. The number of rotatable bonds is 4. The highest BCUT2D eigenvalue weighted by Gasteiger charge is 2.11. The van der Waals surface area contributed by atoms with Crippen molar-refractivity contribution in [2.24, 2.45) is 5.73 Å². The zero-order valence-electron chi connectivity index (χ0n) is 9.83. The Bertz CT molecular complexity index is 335. The summed E-state index contributed by atoms with van der Waals surface area (Å²) < 4.78 is 10.5. The average molecular weight is 209 g/mol. The molecule has 1 aromatic rings. The first kappa shape index (κ1) is 11.9. The van der Waals surface area contributed by atoms with Gasteiger partial charge in [0, 0.05) is 6.04 Å². The van der Waals surface area contributed by atoms with Crippen molar-refractivity contribution in [1.82, 2.24) is 0 Å². The van der Waals surface area contributed by atoms with Gasteiger partial charge in [0.1, 0.15) is 0 Å². The zero-order chi connectivity index (χ0) is 11.4. The monoisotopic (exact) mass is 209 g/mol. The van der Waals surface area contributed by atoms with E-state index in [9.17, 15) is 0 Å². The van der Waals surface area contributed by atoms with E-state index in [1.807, 2.05) is 26.0 Å². The summed E-state index contributed by atoms with van der Waals surface area (Å²) in [4.78, 5) is 0. The van der Waals surface area contributed by atoms with E-state index < -0.39 is 0 Å².